The molecule has 0 saturated carbocycles. The van der Waals surface area contributed by atoms with E-state index in [-0.39, 0.29) is 6.10 Å². The average Bonchev–Trinajstić information content (AvgIpc) is 2.75. The average molecular weight is 233 g/mol. The third-order valence-corrected chi connectivity index (χ3v) is 2.39. The van der Waals surface area contributed by atoms with E-state index in [1.54, 1.807) is 13.1 Å². The molecule has 1 atom stereocenters. The fourth-order valence-electron chi connectivity index (χ4n) is 1.45. The Bertz CT molecular complexity index is 494. The molecule has 1 unspecified atom stereocenters. The largest absolute Gasteiger partial charge is 0.393 e. The Morgan fingerprint density at radius 2 is 2.29 bits per heavy atom. The normalized spacial score (nSPS) is 12.6. The van der Waals surface area contributed by atoms with E-state index in [9.17, 15) is 5.11 Å². The Labute approximate surface area is 99.5 Å². The maximum Gasteiger partial charge on any atom is 0.227 e. The van der Waals surface area contributed by atoms with Crippen LogP contribution in [0.25, 0.3) is 11.5 Å². The quantitative estimate of drug-likeness (QED) is 0.871. The van der Waals surface area contributed by atoms with E-state index in [0.29, 0.717) is 30.3 Å². The lowest BCUT2D eigenvalue weighted by atomic mass is 10.2. The van der Waals surface area contributed by atoms with E-state index in [4.69, 9.17) is 4.52 Å². The van der Waals surface area contributed by atoms with Gasteiger partial charge in [0.2, 0.25) is 11.7 Å². The number of hydrogen-bond acceptors (Lipinski definition) is 5. The number of aliphatic hydroxyl groups is 1. The highest BCUT2D eigenvalue weighted by Gasteiger charge is 2.10. The number of aromatic nitrogens is 3. The van der Waals surface area contributed by atoms with Gasteiger partial charge in [-0.3, -0.25) is 4.98 Å². The summed E-state index contributed by atoms with van der Waals surface area (Å²) in [6, 6.07) is 3.82. The predicted molar refractivity (Wildman–Crippen MR) is 62.3 cm³/mol. The molecule has 0 fully saturated rings. The Kier molecular flexibility index (Phi) is 3.49. The first-order valence-corrected chi connectivity index (χ1v) is 5.59. The van der Waals surface area contributed by atoms with Crippen molar-refractivity contribution in [2.75, 3.05) is 0 Å². The van der Waals surface area contributed by atoms with E-state index < -0.39 is 0 Å². The summed E-state index contributed by atoms with van der Waals surface area (Å²) in [6.07, 6.45) is 2.55. The van der Waals surface area contributed by atoms with Crippen LogP contribution in [0.1, 0.15) is 24.8 Å². The fourth-order valence-corrected chi connectivity index (χ4v) is 1.45. The molecular weight excluding hydrogens is 218 g/mol. The molecule has 0 aliphatic heterocycles. The Morgan fingerprint density at radius 3 is 3.00 bits per heavy atom. The van der Waals surface area contributed by atoms with Crippen molar-refractivity contribution < 1.29 is 9.63 Å². The molecule has 17 heavy (non-hydrogen) atoms. The molecule has 5 nitrogen and oxygen atoms in total. The number of nitrogens with zero attached hydrogens (tertiary/aromatic N) is 3. The smallest absolute Gasteiger partial charge is 0.227 e. The van der Waals surface area contributed by atoms with Gasteiger partial charge < -0.3 is 9.63 Å². The summed E-state index contributed by atoms with van der Waals surface area (Å²) < 4.78 is 5.10. The van der Waals surface area contributed by atoms with E-state index in [1.165, 1.54) is 0 Å². The molecular formula is C12H15N3O2. The fraction of sp³-hybridized carbons (Fsp3) is 0.417. The predicted octanol–water partition coefficient (Wildman–Crippen LogP) is 1.75. The summed E-state index contributed by atoms with van der Waals surface area (Å²) in [7, 11) is 0. The third kappa shape index (κ3) is 3.10. The van der Waals surface area contributed by atoms with Crippen LogP contribution in [0.4, 0.5) is 0 Å². The number of pyridine rings is 1. The minimum absolute atomic E-state index is 0.359. The summed E-state index contributed by atoms with van der Waals surface area (Å²) in [5, 5.41) is 13.0. The van der Waals surface area contributed by atoms with E-state index >= 15 is 0 Å². The zero-order valence-electron chi connectivity index (χ0n) is 9.92. The van der Waals surface area contributed by atoms with Gasteiger partial charge in [0, 0.05) is 12.6 Å². The zero-order valence-corrected chi connectivity index (χ0v) is 9.92. The molecule has 2 aromatic heterocycles. The van der Waals surface area contributed by atoms with Gasteiger partial charge in [-0.2, -0.15) is 4.98 Å². The van der Waals surface area contributed by atoms with Crippen LogP contribution in [-0.4, -0.2) is 26.3 Å². The highest BCUT2D eigenvalue weighted by Crippen LogP contribution is 2.14. The molecule has 0 aliphatic rings. The van der Waals surface area contributed by atoms with Crippen LogP contribution in [0.5, 0.6) is 0 Å². The van der Waals surface area contributed by atoms with Crippen molar-refractivity contribution in [1.82, 2.24) is 15.1 Å². The van der Waals surface area contributed by atoms with Gasteiger partial charge in [-0.05, 0) is 38.0 Å². The van der Waals surface area contributed by atoms with Gasteiger partial charge in [-0.15, -0.1) is 0 Å². The maximum atomic E-state index is 9.17. The second-order valence-electron chi connectivity index (χ2n) is 4.12. The van der Waals surface area contributed by atoms with Gasteiger partial charge in [-0.1, -0.05) is 5.16 Å². The molecule has 0 saturated heterocycles. The molecule has 0 spiro atoms. The highest BCUT2D eigenvalue weighted by atomic mass is 16.5. The second kappa shape index (κ2) is 5.05. The van der Waals surface area contributed by atoms with Gasteiger partial charge in [0.25, 0.3) is 0 Å². The van der Waals surface area contributed by atoms with Crippen LogP contribution in [0.15, 0.2) is 22.9 Å². The SMILES string of the molecule is Cc1ccnc(-c2noc(CCC(C)O)n2)c1. The Hall–Kier alpha value is -1.75. The van der Waals surface area contributed by atoms with Gasteiger partial charge in [-0.25, -0.2) is 0 Å². The van der Waals surface area contributed by atoms with Crippen LogP contribution in [0, 0.1) is 6.92 Å². The molecule has 2 rings (SSSR count). The molecule has 1 N–H and O–H groups in total. The highest BCUT2D eigenvalue weighted by molar-refractivity contribution is 5.48. The summed E-state index contributed by atoms with van der Waals surface area (Å²) in [5.41, 5.74) is 1.81. The number of hydrogen-bond donors (Lipinski definition) is 1. The summed E-state index contributed by atoms with van der Waals surface area (Å²) in [4.78, 5) is 8.43. The van der Waals surface area contributed by atoms with Gasteiger partial charge >= 0.3 is 0 Å². The lowest BCUT2D eigenvalue weighted by Gasteiger charge is -1.98. The molecule has 0 amide bonds. The van der Waals surface area contributed by atoms with Crippen molar-refractivity contribution in [3.05, 3.63) is 29.8 Å². The lowest BCUT2D eigenvalue weighted by molar-refractivity contribution is 0.180. The van der Waals surface area contributed by atoms with Crippen LogP contribution in [0.3, 0.4) is 0 Å². The first-order valence-electron chi connectivity index (χ1n) is 5.59. The summed E-state index contributed by atoms with van der Waals surface area (Å²) in [6.45, 7) is 3.72. The number of rotatable bonds is 4. The van der Waals surface area contributed by atoms with Crippen molar-refractivity contribution in [2.45, 2.75) is 32.8 Å². The van der Waals surface area contributed by atoms with Crippen LogP contribution in [-0.2, 0) is 6.42 Å². The minimum atomic E-state index is -0.359. The van der Waals surface area contributed by atoms with Crippen molar-refractivity contribution in [2.24, 2.45) is 0 Å². The molecule has 0 radical (unpaired) electrons. The maximum absolute atomic E-state index is 9.17. The monoisotopic (exact) mass is 233 g/mol. The second-order valence-corrected chi connectivity index (χ2v) is 4.12. The van der Waals surface area contributed by atoms with Gasteiger partial charge in [0.1, 0.15) is 5.69 Å². The standard InChI is InChI=1S/C12H15N3O2/c1-8-5-6-13-10(7-8)12-14-11(17-15-12)4-3-9(2)16/h5-7,9,16H,3-4H2,1-2H3. The minimum Gasteiger partial charge on any atom is -0.393 e. The Balaban J connectivity index is 2.12. The first kappa shape index (κ1) is 11.7. The lowest BCUT2D eigenvalue weighted by Crippen LogP contribution is -2.01. The third-order valence-electron chi connectivity index (χ3n) is 2.39. The van der Waals surface area contributed by atoms with Crippen molar-refractivity contribution in [1.29, 1.82) is 0 Å². The van der Waals surface area contributed by atoms with Crippen molar-refractivity contribution in [3.8, 4) is 11.5 Å². The molecule has 2 aromatic rings. The zero-order chi connectivity index (χ0) is 12.3. The molecule has 0 bridgehead atoms. The first-order chi connectivity index (χ1) is 8.15. The summed E-state index contributed by atoms with van der Waals surface area (Å²) in [5.74, 6) is 1.03. The molecule has 2 heterocycles. The van der Waals surface area contributed by atoms with E-state index in [0.717, 1.165) is 5.56 Å². The molecule has 0 aliphatic carbocycles. The number of aryl methyl sites for hydroxylation is 2. The summed E-state index contributed by atoms with van der Waals surface area (Å²) >= 11 is 0. The van der Waals surface area contributed by atoms with Crippen molar-refractivity contribution >= 4 is 0 Å². The number of aliphatic hydroxyl groups excluding tert-OH is 1. The van der Waals surface area contributed by atoms with Gasteiger partial charge in [0.05, 0.1) is 6.10 Å². The molecule has 5 heteroatoms. The molecule has 90 valence electrons. The van der Waals surface area contributed by atoms with E-state index in [2.05, 4.69) is 15.1 Å². The van der Waals surface area contributed by atoms with Crippen LogP contribution >= 0.6 is 0 Å². The Morgan fingerprint density at radius 1 is 1.47 bits per heavy atom. The van der Waals surface area contributed by atoms with E-state index in [1.807, 2.05) is 19.1 Å². The van der Waals surface area contributed by atoms with Gasteiger partial charge in [0.15, 0.2) is 0 Å². The topological polar surface area (TPSA) is 72.0 Å². The van der Waals surface area contributed by atoms with Crippen molar-refractivity contribution in [3.63, 3.8) is 0 Å². The van der Waals surface area contributed by atoms with Crippen LogP contribution in [0.2, 0.25) is 0 Å². The van der Waals surface area contributed by atoms with Crippen LogP contribution < -0.4 is 0 Å². The molecule has 0 aromatic carbocycles.